The Morgan fingerprint density at radius 1 is 0.963 bits per heavy atom. The Hall–Kier alpha value is -0.920. The number of carbonyl (C=O) groups is 1. The number of unbranched alkanes of at least 4 members (excludes halogenated alkanes) is 7. The summed E-state index contributed by atoms with van der Waals surface area (Å²) in [4.78, 5) is 13.9. The molecule has 0 heterocycles. The van der Waals surface area contributed by atoms with Crippen molar-refractivity contribution < 1.29 is 22.2 Å². The van der Waals surface area contributed by atoms with Gasteiger partial charge in [0, 0.05) is 13.0 Å². The lowest BCUT2D eigenvalue weighted by Crippen LogP contribution is -2.47. The average Bonchev–Trinajstić information content (AvgIpc) is 2.57. The molecule has 0 rings (SSSR count). The number of rotatable bonds is 17. The summed E-state index contributed by atoms with van der Waals surface area (Å²) in [7, 11) is 0.113. The average molecular weight is 406 g/mol. The van der Waals surface area contributed by atoms with Crippen LogP contribution in [0.2, 0.25) is 0 Å². The van der Waals surface area contributed by atoms with Gasteiger partial charge < -0.3 is 9.38 Å². The molecule has 1 amide bonds. The van der Waals surface area contributed by atoms with Gasteiger partial charge in [-0.1, -0.05) is 58.4 Å². The molecule has 7 heteroatoms. The Balaban J connectivity index is 4.18. The summed E-state index contributed by atoms with van der Waals surface area (Å²) >= 11 is 0. The molecular weight excluding hydrogens is 364 g/mol. The minimum atomic E-state index is -3.91. The van der Waals surface area contributed by atoms with Gasteiger partial charge in [-0.2, -0.15) is 8.42 Å². The first-order valence-corrected chi connectivity index (χ1v) is 11.9. The van der Waals surface area contributed by atoms with E-state index in [1.165, 1.54) is 44.6 Å². The summed E-state index contributed by atoms with van der Waals surface area (Å²) in [6.45, 7) is 8.56. The zero-order chi connectivity index (χ0) is 20.8. The van der Waals surface area contributed by atoms with Crippen molar-refractivity contribution in [2.45, 2.75) is 64.7 Å². The molecule has 0 fully saturated rings. The topological polar surface area (TPSA) is 74.7 Å². The van der Waals surface area contributed by atoms with Crippen molar-refractivity contribution in [3.8, 4) is 0 Å². The maximum atomic E-state index is 12.1. The Kier molecular flexibility index (Phi) is 13.6. The first-order chi connectivity index (χ1) is 12.6. The van der Waals surface area contributed by atoms with Crippen molar-refractivity contribution in [1.82, 2.24) is 4.90 Å². The second-order valence-electron chi connectivity index (χ2n) is 8.03. The predicted octanol–water partition coefficient (Wildman–Crippen LogP) is 3.50. The monoisotopic (exact) mass is 405 g/mol. The highest BCUT2D eigenvalue weighted by molar-refractivity contribution is 7.85. The summed E-state index contributed by atoms with van der Waals surface area (Å²) in [6.07, 6.45) is 11.6. The number of amides is 1. The second kappa shape index (κ2) is 14.1. The number of quaternary nitrogens is 1. The van der Waals surface area contributed by atoms with Gasteiger partial charge in [0.15, 0.2) is 0 Å². The van der Waals surface area contributed by atoms with Crippen LogP contribution < -0.4 is 0 Å². The molecule has 0 radical (unpaired) electrons. The van der Waals surface area contributed by atoms with Gasteiger partial charge in [-0.05, 0) is 12.5 Å². The third-order valence-electron chi connectivity index (χ3n) is 4.91. The Morgan fingerprint density at radius 2 is 1.52 bits per heavy atom. The Bertz CT molecular complexity index is 518. The zero-order valence-electron chi connectivity index (χ0n) is 17.7. The molecule has 0 aromatic heterocycles. The smallest absolute Gasteiger partial charge is 0.265 e. The van der Waals surface area contributed by atoms with Crippen molar-refractivity contribution in [1.29, 1.82) is 0 Å². The van der Waals surface area contributed by atoms with E-state index >= 15 is 0 Å². The largest absolute Gasteiger partial charge is 0.334 e. The third-order valence-corrected chi connectivity index (χ3v) is 5.71. The molecule has 6 nitrogen and oxygen atoms in total. The van der Waals surface area contributed by atoms with Crippen LogP contribution in [0.1, 0.15) is 64.7 Å². The van der Waals surface area contributed by atoms with Crippen LogP contribution in [0.4, 0.5) is 0 Å². The van der Waals surface area contributed by atoms with Crippen molar-refractivity contribution in [3.63, 3.8) is 0 Å². The fourth-order valence-electron chi connectivity index (χ4n) is 3.08. The van der Waals surface area contributed by atoms with Crippen molar-refractivity contribution in [2.24, 2.45) is 0 Å². The van der Waals surface area contributed by atoms with Gasteiger partial charge in [0.25, 0.3) is 10.1 Å². The van der Waals surface area contributed by atoms with Crippen LogP contribution in [-0.2, 0) is 14.9 Å². The van der Waals surface area contributed by atoms with Crippen LogP contribution in [0.15, 0.2) is 12.7 Å². The summed E-state index contributed by atoms with van der Waals surface area (Å²) < 4.78 is 31.1. The van der Waals surface area contributed by atoms with E-state index in [2.05, 4.69) is 13.5 Å². The van der Waals surface area contributed by atoms with Crippen LogP contribution in [0.5, 0.6) is 0 Å². The lowest BCUT2D eigenvalue weighted by atomic mass is 10.1. The van der Waals surface area contributed by atoms with Crippen LogP contribution >= 0.6 is 0 Å². The van der Waals surface area contributed by atoms with Crippen LogP contribution in [-0.4, -0.2) is 74.3 Å². The highest BCUT2D eigenvalue weighted by Gasteiger charge is 2.19. The van der Waals surface area contributed by atoms with Crippen molar-refractivity contribution in [2.75, 3.05) is 46.0 Å². The number of hydrogen-bond acceptors (Lipinski definition) is 3. The third kappa shape index (κ3) is 15.8. The van der Waals surface area contributed by atoms with Crippen LogP contribution in [0.3, 0.4) is 0 Å². The summed E-state index contributed by atoms with van der Waals surface area (Å²) in [5, 5.41) is 0. The molecule has 0 aromatic rings. The van der Waals surface area contributed by atoms with E-state index in [1.807, 2.05) is 19.0 Å². The van der Waals surface area contributed by atoms with Crippen LogP contribution in [0, 0.1) is 0 Å². The summed E-state index contributed by atoms with van der Waals surface area (Å²) in [5.41, 5.74) is 0. The molecule has 0 saturated heterocycles. The number of hydrogen-bond donors (Lipinski definition) is 1. The molecular formula is C20H41N2O4S+. The van der Waals surface area contributed by atoms with E-state index in [-0.39, 0.29) is 11.7 Å². The summed E-state index contributed by atoms with van der Waals surface area (Å²) in [6, 6.07) is 0. The molecule has 0 aliphatic carbocycles. The molecule has 0 saturated carbocycles. The fraction of sp³-hybridized carbons (Fsp3) is 0.850. The first kappa shape index (κ1) is 26.1. The predicted molar refractivity (Wildman–Crippen MR) is 112 cm³/mol. The molecule has 0 unspecified atom stereocenters. The minimum Gasteiger partial charge on any atom is -0.334 e. The van der Waals surface area contributed by atoms with E-state index in [4.69, 9.17) is 4.55 Å². The second-order valence-corrected chi connectivity index (χ2v) is 9.60. The molecule has 0 spiro atoms. The number of nitrogens with zero attached hydrogens (tertiary/aromatic N) is 2. The standard InChI is InChI=1S/C20H40N2O4S/c1-5-7-8-9-10-11-12-13-15-21(20(23)6-2)16-18-22(3,4)17-14-19-27(24,25)26/h6H,2,5,7-19H2,1,3-4H3/p+1. The molecule has 1 N–H and O–H groups in total. The fourth-order valence-corrected chi connectivity index (χ4v) is 3.57. The molecule has 0 aliphatic heterocycles. The van der Waals surface area contributed by atoms with E-state index in [0.29, 0.717) is 24.0 Å². The van der Waals surface area contributed by atoms with Gasteiger partial charge in [0.1, 0.15) is 0 Å². The maximum Gasteiger partial charge on any atom is 0.265 e. The maximum absolute atomic E-state index is 12.1. The number of likely N-dealkylation sites (N-methyl/N-ethyl adjacent to an activating group) is 1. The molecule has 0 aromatic carbocycles. The van der Waals surface area contributed by atoms with Gasteiger partial charge >= 0.3 is 0 Å². The minimum absolute atomic E-state index is 0.0455. The van der Waals surface area contributed by atoms with Gasteiger partial charge in [0.05, 0.1) is 39.5 Å². The van der Waals surface area contributed by atoms with E-state index in [0.717, 1.165) is 25.9 Å². The first-order valence-electron chi connectivity index (χ1n) is 10.3. The molecule has 0 atom stereocenters. The van der Waals surface area contributed by atoms with Crippen molar-refractivity contribution in [3.05, 3.63) is 12.7 Å². The molecule has 0 aliphatic rings. The van der Waals surface area contributed by atoms with E-state index < -0.39 is 10.1 Å². The molecule has 0 bridgehead atoms. The van der Waals surface area contributed by atoms with Gasteiger partial charge in [-0.25, -0.2) is 0 Å². The Morgan fingerprint density at radius 3 is 2.04 bits per heavy atom. The molecule has 160 valence electrons. The van der Waals surface area contributed by atoms with Gasteiger partial charge in [-0.15, -0.1) is 0 Å². The highest BCUT2D eigenvalue weighted by Crippen LogP contribution is 2.10. The van der Waals surface area contributed by atoms with Crippen molar-refractivity contribution >= 4 is 16.0 Å². The zero-order valence-corrected chi connectivity index (χ0v) is 18.5. The molecule has 27 heavy (non-hydrogen) atoms. The summed E-state index contributed by atoms with van der Waals surface area (Å²) in [5.74, 6) is -0.265. The van der Waals surface area contributed by atoms with Crippen LogP contribution in [0.25, 0.3) is 0 Å². The lowest BCUT2D eigenvalue weighted by molar-refractivity contribution is -0.889. The SMILES string of the molecule is C=CC(=O)N(CCCCCCCCCC)CC[N+](C)(C)CCCS(=O)(=O)O. The highest BCUT2D eigenvalue weighted by atomic mass is 32.2. The Labute approximate surface area is 167 Å². The quantitative estimate of drug-likeness (QED) is 0.174. The van der Waals surface area contributed by atoms with E-state index in [9.17, 15) is 13.2 Å². The van der Waals surface area contributed by atoms with Gasteiger partial charge in [-0.3, -0.25) is 9.35 Å². The van der Waals surface area contributed by atoms with Gasteiger partial charge in [0.2, 0.25) is 5.91 Å². The lowest BCUT2D eigenvalue weighted by Gasteiger charge is -2.32. The van der Waals surface area contributed by atoms with E-state index in [1.54, 1.807) is 0 Å². The normalized spacial score (nSPS) is 12.1. The number of carbonyl (C=O) groups excluding carboxylic acids is 1.